The molecule has 0 N–H and O–H groups in total. The van der Waals surface area contributed by atoms with Gasteiger partial charge in [0.1, 0.15) is 23.3 Å². The molecule has 0 spiro atoms. The fourth-order valence-electron chi connectivity index (χ4n) is 3.39. The molecule has 0 bridgehead atoms. The number of hydrogen-bond donors (Lipinski definition) is 0. The van der Waals surface area contributed by atoms with Gasteiger partial charge in [-0.3, -0.25) is 4.79 Å². The number of benzene rings is 3. The molecule has 5 nitrogen and oxygen atoms in total. The molecule has 0 fully saturated rings. The van der Waals surface area contributed by atoms with Gasteiger partial charge in [-0.1, -0.05) is 54.0 Å². The van der Waals surface area contributed by atoms with Crippen LogP contribution in [0, 0.1) is 17.2 Å². The van der Waals surface area contributed by atoms with Gasteiger partial charge in [-0.05, 0) is 60.0 Å². The standard InChI is InChI=1S/C26H22BrF2NO4/c1-16(2)24(17-6-10-21(11-7-17)33-26(28)29)25(31)34-23(15-30)18-4-3-5-22(14-18)32-20-12-8-19(27)9-13-20/h3-14,16,23-24,26H,1-2H3/t23-,24+/m1/s1. The first kappa shape index (κ1) is 25.2. The fourth-order valence-corrected chi connectivity index (χ4v) is 3.65. The Bertz CT molecular complexity index is 1140. The monoisotopic (exact) mass is 529 g/mol. The Labute approximate surface area is 205 Å². The van der Waals surface area contributed by atoms with Crippen LogP contribution in [-0.4, -0.2) is 12.6 Å². The zero-order chi connectivity index (χ0) is 24.7. The van der Waals surface area contributed by atoms with Gasteiger partial charge in [-0.15, -0.1) is 0 Å². The molecule has 0 amide bonds. The summed E-state index contributed by atoms with van der Waals surface area (Å²) in [4.78, 5) is 13.0. The van der Waals surface area contributed by atoms with Gasteiger partial charge in [-0.25, -0.2) is 0 Å². The second-order valence-electron chi connectivity index (χ2n) is 7.74. The summed E-state index contributed by atoms with van der Waals surface area (Å²) in [5.41, 5.74) is 1.04. The zero-order valence-electron chi connectivity index (χ0n) is 18.5. The van der Waals surface area contributed by atoms with Crippen LogP contribution in [-0.2, 0) is 9.53 Å². The van der Waals surface area contributed by atoms with Crippen LogP contribution in [0.15, 0.2) is 77.3 Å². The molecular weight excluding hydrogens is 508 g/mol. The van der Waals surface area contributed by atoms with Crippen molar-refractivity contribution >= 4 is 21.9 Å². The van der Waals surface area contributed by atoms with Gasteiger partial charge in [0.15, 0.2) is 0 Å². The van der Waals surface area contributed by atoms with Crippen molar-refractivity contribution < 1.29 is 27.8 Å². The maximum Gasteiger partial charge on any atom is 0.387 e. The van der Waals surface area contributed by atoms with Gasteiger partial charge in [0.25, 0.3) is 0 Å². The molecule has 0 aliphatic carbocycles. The van der Waals surface area contributed by atoms with Gasteiger partial charge in [-0.2, -0.15) is 14.0 Å². The van der Waals surface area contributed by atoms with Crippen molar-refractivity contribution in [2.24, 2.45) is 5.92 Å². The number of halogens is 3. The molecule has 0 heterocycles. The molecule has 34 heavy (non-hydrogen) atoms. The number of nitriles is 1. The Morgan fingerprint density at radius 2 is 1.56 bits per heavy atom. The highest BCUT2D eigenvalue weighted by Crippen LogP contribution is 2.32. The van der Waals surface area contributed by atoms with Crippen molar-refractivity contribution in [1.82, 2.24) is 0 Å². The van der Waals surface area contributed by atoms with Crippen molar-refractivity contribution in [3.05, 3.63) is 88.4 Å². The lowest BCUT2D eigenvalue weighted by Crippen LogP contribution is -2.22. The lowest BCUT2D eigenvalue weighted by atomic mass is 9.88. The summed E-state index contributed by atoms with van der Waals surface area (Å²) in [6.07, 6.45) is -1.15. The van der Waals surface area contributed by atoms with E-state index in [0.29, 0.717) is 22.6 Å². The van der Waals surface area contributed by atoms with Crippen LogP contribution in [0.5, 0.6) is 17.2 Å². The number of hydrogen-bond acceptors (Lipinski definition) is 5. The highest BCUT2D eigenvalue weighted by Gasteiger charge is 2.29. The van der Waals surface area contributed by atoms with Crippen molar-refractivity contribution in [3.8, 4) is 23.3 Å². The van der Waals surface area contributed by atoms with Crippen molar-refractivity contribution in [1.29, 1.82) is 5.26 Å². The topological polar surface area (TPSA) is 68.6 Å². The minimum absolute atomic E-state index is 0.00730. The van der Waals surface area contributed by atoms with Gasteiger partial charge >= 0.3 is 12.6 Å². The summed E-state index contributed by atoms with van der Waals surface area (Å²) in [6, 6.07) is 21.9. The van der Waals surface area contributed by atoms with Gasteiger partial charge in [0.05, 0.1) is 5.92 Å². The fraction of sp³-hybridized carbons (Fsp3) is 0.231. The Balaban J connectivity index is 1.76. The molecule has 0 aromatic heterocycles. The molecule has 3 aromatic rings. The molecule has 3 aromatic carbocycles. The number of ether oxygens (including phenoxy) is 3. The average Bonchev–Trinajstić information content (AvgIpc) is 2.80. The van der Waals surface area contributed by atoms with E-state index >= 15 is 0 Å². The minimum Gasteiger partial charge on any atom is -0.457 e. The Morgan fingerprint density at radius 3 is 2.15 bits per heavy atom. The van der Waals surface area contributed by atoms with Crippen LogP contribution in [0.2, 0.25) is 0 Å². The van der Waals surface area contributed by atoms with E-state index in [-0.39, 0.29) is 11.7 Å². The first-order chi connectivity index (χ1) is 16.3. The number of carbonyl (C=O) groups excluding carboxylic acids is 1. The number of alkyl halides is 2. The summed E-state index contributed by atoms with van der Waals surface area (Å²) in [5, 5.41) is 9.69. The lowest BCUT2D eigenvalue weighted by Gasteiger charge is -2.22. The van der Waals surface area contributed by atoms with Crippen LogP contribution in [0.3, 0.4) is 0 Å². The minimum atomic E-state index is -2.93. The summed E-state index contributed by atoms with van der Waals surface area (Å²) in [5.74, 6) is -0.356. The number of rotatable bonds is 9. The molecule has 0 saturated carbocycles. The average molecular weight is 530 g/mol. The lowest BCUT2D eigenvalue weighted by molar-refractivity contribution is -0.150. The molecule has 2 atom stereocenters. The van der Waals surface area contributed by atoms with Crippen molar-refractivity contribution in [3.63, 3.8) is 0 Å². The predicted molar refractivity (Wildman–Crippen MR) is 126 cm³/mol. The normalized spacial score (nSPS) is 12.6. The third-order valence-corrected chi connectivity index (χ3v) is 5.48. The number of carbonyl (C=O) groups is 1. The van der Waals surface area contributed by atoms with E-state index in [9.17, 15) is 18.8 Å². The predicted octanol–water partition coefficient (Wildman–Crippen LogP) is 7.39. The first-order valence-corrected chi connectivity index (χ1v) is 11.2. The maximum atomic E-state index is 13.0. The summed E-state index contributed by atoms with van der Waals surface area (Å²) < 4.78 is 41.5. The summed E-state index contributed by atoms with van der Waals surface area (Å²) in [6.45, 7) is 0.740. The molecule has 0 aliphatic heterocycles. The second-order valence-corrected chi connectivity index (χ2v) is 8.66. The van der Waals surface area contributed by atoms with Crippen LogP contribution in [0.1, 0.15) is 37.0 Å². The highest BCUT2D eigenvalue weighted by atomic mass is 79.9. The first-order valence-electron chi connectivity index (χ1n) is 10.4. The Morgan fingerprint density at radius 1 is 0.912 bits per heavy atom. The third-order valence-electron chi connectivity index (χ3n) is 4.95. The van der Waals surface area contributed by atoms with Crippen molar-refractivity contribution in [2.75, 3.05) is 0 Å². The van der Waals surface area contributed by atoms with Gasteiger partial charge in [0, 0.05) is 10.0 Å². The van der Waals surface area contributed by atoms with E-state index in [1.54, 1.807) is 36.4 Å². The SMILES string of the molecule is CC(C)[C@H](C(=O)O[C@H](C#N)c1cccc(Oc2ccc(Br)cc2)c1)c1ccc(OC(F)F)cc1. The van der Waals surface area contributed by atoms with E-state index in [0.717, 1.165) is 4.47 Å². The molecule has 8 heteroatoms. The largest absolute Gasteiger partial charge is 0.457 e. The highest BCUT2D eigenvalue weighted by molar-refractivity contribution is 9.10. The van der Waals surface area contributed by atoms with E-state index < -0.39 is 24.6 Å². The van der Waals surface area contributed by atoms with E-state index in [2.05, 4.69) is 20.7 Å². The van der Waals surface area contributed by atoms with Gasteiger partial charge < -0.3 is 14.2 Å². The summed E-state index contributed by atoms with van der Waals surface area (Å²) >= 11 is 3.37. The van der Waals surface area contributed by atoms with Crippen LogP contribution < -0.4 is 9.47 Å². The third kappa shape index (κ3) is 6.78. The molecule has 0 radical (unpaired) electrons. The van der Waals surface area contributed by atoms with Gasteiger partial charge in [0.2, 0.25) is 6.10 Å². The Hall–Kier alpha value is -3.44. The van der Waals surface area contributed by atoms with Crippen LogP contribution >= 0.6 is 15.9 Å². The van der Waals surface area contributed by atoms with E-state index in [1.165, 1.54) is 24.3 Å². The molecule has 176 valence electrons. The number of esters is 1. The van der Waals surface area contributed by atoms with Crippen LogP contribution in [0.4, 0.5) is 8.78 Å². The smallest absolute Gasteiger partial charge is 0.387 e. The van der Waals surface area contributed by atoms with E-state index in [1.807, 2.05) is 32.0 Å². The molecule has 0 aliphatic rings. The second kappa shape index (κ2) is 11.6. The van der Waals surface area contributed by atoms with E-state index in [4.69, 9.17) is 9.47 Å². The van der Waals surface area contributed by atoms with Crippen molar-refractivity contribution in [2.45, 2.75) is 32.5 Å². The molecule has 3 rings (SSSR count). The molecule has 0 saturated heterocycles. The molecule has 0 unspecified atom stereocenters. The quantitative estimate of drug-likeness (QED) is 0.270. The molecular formula is C26H22BrF2NO4. The number of nitrogens with zero attached hydrogens (tertiary/aromatic N) is 1. The summed E-state index contributed by atoms with van der Waals surface area (Å²) in [7, 11) is 0. The Kier molecular flexibility index (Phi) is 8.61. The van der Waals surface area contributed by atoms with Crippen LogP contribution in [0.25, 0.3) is 0 Å². The maximum absolute atomic E-state index is 13.0. The zero-order valence-corrected chi connectivity index (χ0v) is 20.0.